The van der Waals surface area contributed by atoms with Gasteiger partial charge in [-0.3, -0.25) is 5.10 Å². The molecule has 0 unspecified atom stereocenters. The van der Waals surface area contributed by atoms with E-state index in [1.165, 1.54) is 7.11 Å². The Balaban J connectivity index is 2.75. The van der Waals surface area contributed by atoms with E-state index < -0.39 is 11.7 Å². The Morgan fingerprint density at radius 2 is 2.06 bits per heavy atom. The first-order chi connectivity index (χ1) is 7.43. The Kier molecular flexibility index (Phi) is 2.57. The first kappa shape index (κ1) is 11.3. The van der Waals surface area contributed by atoms with Gasteiger partial charge in [0.2, 0.25) is 0 Å². The van der Waals surface area contributed by atoms with Crippen LogP contribution in [0, 0.1) is 0 Å². The fourth-order valence-electron chi connectivity index (χ4n) is 1.40. The number of halogens is 4. The van der Waals surface area contributed by atoms with Crippen LogP contribution < -0.4 is 4.74 Å². The monoisotopic (exact) mass is 294 g/mol. The number of nitrogens with zero attached hydrogens (tertiary/aromatic N) is 1. The van der Waals surface area contributed by atoms with E-state index in [1.807, 2.05) is 0 Å². The van der Waals surface area contributed by atoms with Crippen LogP contribution in [0.5, 0.6) is 5.75 Å². The molecule has 0 spiro atoms. The third kappa shape index (κ3) is 1.75. The van der Waals surface area contributed by atoms with Gasteiger partial charge in [0.25, 0.3) is 0 Å². The van der Waals surface area contributed by atoms with Gasteiger partial charge in [0, 0.05) is 0 Å². The fourth-order valence-corrected chi connectivity index (χ4v) is 1.89. The number of benzene rings is 1. The van der Waals surface area contributed by atoms with Crippen molar-refractivity contribution in [2.75, 3.05) is 7.11 Å². The topological polar surface area (TPSA) is 37.9 Å². The number of rotatable bonds is 1. The molecule has 0 aliphatic rings. The number of alkyl halides is 3. The summed E-state index contributed by atoms with van der Waals surface area (Å²) in [5.74, 6) is 0.130. The van der Waals surface area contributed by atoms with E-state index in [1.54, 1.807) is 0 Å². The molecule has 3 nitrogen and oxygen atoms in total. The van der Waals surface area contributed by atoms with E-state index in [9.17, 15) is 13.2 Å². The van der Waals surface area contributed by atoms with Gasteiger partial charge in [0.05, 0.1) is 23.6 Å². The molecule has 2 rings (SSSR count). The molecule has 0 aliphatic carbocycles. The van der Waals surface area contributed by atoms with E-state index in [4.69, 9.17) is 4.74 Å². The summed E-state index contributed by atoms with van der Waals surface area (Å²) in [5.41, 5.74) is -0.575. The summed E-state index contributed by atoms with van der Waals surface area (Å²) < 4.78 is 43.0. The molecule has 0 saturated carbocycles. The third-order valence-electron chi connectivity index (χ3n) is 2.12. The number of aromatic nitrogens is 2. The number of H-pyrrole nitrogens is 1. The highest BCUT2D eigenvalue weighted by Crippen LogP contribution is 2.37. The zero-order valence-electron chi connectivity index (χ0n) is 8.02. The zero-order valence-corrected chi connectivity index (χ0v) is 9.61. The van der Waals surface area contributed by atoms with Gasteiger partial charge in [-0.15, -0.1) is 0 Å². The molecule has 1 N–H and O–H groups in total. The summed E-state index contributed by atoms with van der Waals surface area (Å²) in [7, 11) is 1.31. The van der Waals surface area contributed by atoms with E-state index in [-0.39, 0.29) is 11.3 Å². The maximum absolute atomic E-state index is 12.5. The average molecular weight is 295 g/mol. The van der Waals surface area contributed by atoms with Crippen LogP contribution >= 0.6 is 15.9 Å². The van der Waals surface area contributed by atoms with Gasteiger partial charge in [0.1, 0.15) is 10.4 Å². The number of nitrogens with one attached hydrogen (secondary N) is 1. The van der Waals surface area contributed by atoms with Crippen molar-refractivity contribution in [2.24, 2.45) is 0 Å². The number of methoxy groups -OCH3 is 1. The van der Waals surface area contributed by atoms with Gasteiger partial charge >= 0.3 is 6.18 Å². The summed E-state index contributed by atoms with van der Waals surface area (Å²) in [6, 6.07) is 1.92. The second-order valence-corrected chi connectivity index (χ2v) is 3.90. The second kappa shape index (κ2) is 3.65. The molecule has 0 bridgehead atoms. The third-order valence-corrected chi connectivity index (χ3v) is 2.70. The lowest BCUT2D eigenvalue weighted by atomic mass is 10.1. The molecule has 1 heterocycles. The van der Waals surface area contributed by atoms with Crippen molar-refractivity contribution in [1.82, 2.24) is 10.2 Å². The van der Waals surface area contributed by atoms with Crippen molar-refractivity contribution in [2.45, 2.75) is 6.18 Å². The molecule has 0 aliphatic heterocycles. The maximum Gasteiger partial charge on any atom is 0.416 e. The summed E-state index contributed by atoms with van der Waals surface area (Å²) in [6.45, 7) is 0. The van der Waals surface area contributed by atoms with E-state index in [2.05, 4.69) is 26.1 Å². The molecule has 0 atom stereocenters. The molecule has 2 aromatic rings. The van der Waals surface area contributed by atoms with Crippen LogP contribution in [-0.4, -0.2) is 17.3 Å². The van der Waals surface area contributed by atoms with Gasteiger partial charge in [0.15, 0.2) is 0 Å². The lowest BCUT2D eigenvalue weighted by Crippen LogP contribution is -2.05. The fraction of sp³-hybridized carbons (Fsp3) is 0.222. The number of hydrogen-bond donors (Lipinski definition) is 1. The first-order valence-electron chi connectivity index (χ1n) is 4.22. The van der Waals surface area contributed by atoms with Crippen molar-refractivity contribution in [1.29, 1.82) is 0 Å². The predicted molar refractivity (Wildman–Crippen MR) is 55.3 cm³/mol. The van der Waals surface area contributed by atoms with E-state index in [0.29, 0.717) is 9.99 Å². The SMILES string of the molecule is COc1cc(C(F)(F)F)cc2n[nH]c(Br)c12. The Labute approximate surface area is 96.7 Å². The Hall–Kier alpha value is -1.24. The average Bonchev–Trinajstić information content (AvgIpc) is 2.58. The lowest BCUT2D eigenvalue weighted by Gasteiger charge is -2.09. The maximum atomic E-state index is 12.5. The summed E-state index contributed by atoms with van der Waals surface area (Å²) >= 11 is 3.15. The zero-order chi connectivity index (χ0) is 11.9. The lowest BCUT2D eigenvalue weighted by molar-refractivity contribution is -0.137. The standard InChI is InChI=1S/C9H6BrF3N2O/c1-16-6-3-4(9(11,12)13)2-5-7(6)8(10)15-14-5/h2-3H,1H3,(H,14,15). The summed E-state index contributed by atoms with van der Waals surface area (Å²) in [4.78, 5) is 0. The highest BCUT2D eigenvalue weighted by molar-refractivity contribution is 9.10. The number of hydrogen-bond acceptors (Lipinski definition) is 2. The molecule has 7 heteroatoms. The number of aromatic amines is 1. The van der Waals surface area contributed by atoms with Crippen LogP contribution in [0.3, 0.4) is 0 Å². The molecular weight excluding hydrogens is 289 g/mol. The summed E-state index contributed by atoms with van der Waals surface area (Å²) in [5, 5.41) is 6.79. The molecule has 86 valence electrons. The second-order valence-electron chi connectivity index (χ2n) is 3.11. The molecule has 1 aromatic carbocycles. The number of ether oxygens (including phenoxy) is 1. The largest absolute Gasteiger partial charge is 0.496 e. The Morgan fingerprint density at radius 1 is 1.38 bits per heavy atom. The minimum Gasteiger partial charge on any atom is -0.496 e. The molecular formula is C9H6BrF3N2O. The predicted octanol–water partition coefficient (Wildman–Crippen LogP) is 3.35. The minimum absolute atomic E-state index is 0.130. The molecule has 0 fully saturated rings. The van der Waals surface area contributed by atoms with Gasteiger partial charge < -0.3 is 4.74 Å². The van der Waals surface area contributed by atoms with Crippen LogP contribution in [0.15, 0.2) is 16.7 Å². The quantitative estimate of drug-likeness (QED) is 0.876. The smallest absolute Gasteiger partial charge is 0.416 e. The van der Waals surface area contributed by atoms with Crippen LogP contribution in [0.25, 0.3) is 10.9 Å². The minimum atomic E-state index is -4.41. The van der Waals surface area contributed by atoms with Gasteiger partial charge in [-0.1, -0.05) is 0 Å². The van der Waals surface area contributed by atoms with Crippen LogP contribution in [0.4, 0.5) is 13.2 Å². The first-order valence-corrected chi connectivity index (χ1v) is 5.01. The number of fused-ring (bicyclic) bond motifs is 1. The van der Waals surface area contributed by atoms with Crippen LogP contribution in [0.1, 0.15) is 5.56 Å². The van der Waals surface area contributed by atoms with Crippen molar-refractivity contribution >= 4 is 26.8 Å². The van der Waals surface area contributed by atoms with Gasteiger partial charge in [-0.05, 0) is 28.1 Å². The molecule has 1 aromatic heterocycles. The normalized spacial score (nSPS) is 12.1. The van der Waals surface area contributed by atoms with Crippen molar-refractivity contribution < 1.29 is 17.9 Å². The highest BCUT2D eigenvalue weighted by atomic mass is 79.9. The molecule has 16 heavy (non-hydrogen) atoms. The summed E-state index contributed by atoms with van der Waals surface area (Å²) in [6.07, 6.45) is -4.41. The van der Waals surface area contributed by atoms with Crippen molar-refractivity contribution in [3.05, 3.63) is 22.3 Å². The van der Waals surface area contributed by atoms with Crippen molar-refractivity contribution in [3.63, 3.8) is 0 Å². The van der Waals surface area contributed by atoms with E-state index >= 15 is 0 Å². The molecule has 0 radical (unpaired) electrons. The Bertz CT molecular complexity index is 535. The van der Waals surface area contributed by atoms with E-state index in [0.717, 1.165) is 12.1 Å². The van der Waals surface area contributed by atoms with Crippen LogP contribution in [0.2, 0.25) is 0 Å². The van der Waals surface area contributed by atoms with Crippen molar-refractivity contribution in [3.8, 4) is 5.75 Å². The van der Waals surface area contributed by atoms with Gasteiger partial charge in [-0.25, -0.2) is 0 Å². The van der Waals surface area contributed by atoms with Crippen LogP contribution in [-0.2, 0) is 6.18 Å². The Morgan fingerprint density at radius 3 is 2.62 bits per heavy atom. The molecule has 0 saturated heterocycles. The van der Waals surface area contributed by atoms with Gasteiger partial charge in [-0.2, -0.15) is 18.3 Å². The molecule has 0 amide bonds. The highest BCUT2D eigenvalue weighted by Gasteiger charge is 2.32.